The molecule has 0 bridgehead atoms. The molecule has 0 saturated heterocycles. The lowest BCUT2D eigenvalue weighted by Gasteiger charge is -2.11. The van der Waals surface area contributed by atoms with E-state index in [2.05, 4.69) is 4.72 Å². The van der Waals surface area contributed by atoms with Crippen molar-refractivity contribution in [1.82, 2.24) is 4.72 Å². The van der Waals surface area contributed by atoms with Crippen LogP contribution in [-0.4, -0.2) is 28.0 Å². The molecule has 0 atom stereocenters. The van der Waals surface area contributed by atoms with Crippen LogP contribution in [0.15, 0.2) is 65.6 Å². The molecule has 3 rings (SSSR count). The van der Waals surface area contributed by atoms with Crippen molar-refractivity contribution in [2.24, 2.45) is 0 Å². The number of esters is 1. The second-order valence-corrected chi connectivity index (χ2v) is 9.62. The lowest BCUT2D eigenvalue weighted by molar-refractivity contribution is 0.0599. The molecule has 0 saturated carbocycles. The van der Waals surface area contributed by atoms with Crippen molar-refractivity contribution >= 4 is 27.6 Å². The first-order valence-corrected chi connectivity index (χ1v) is 12.5. The Balaban J connectivity index is 1.58. The zero-order valence-electron chi connectivity index (χ0n) is 18.8. The maximum atomic E-state index is 13.8. The van der Waals surface area contributed by atoms with Crippen LogP contribution in [0.5, 0.6) is 5.75 Å². The van der Waals surface area contributed by atoms with E-state index in [0.29, 0.717) is 29.2 Å². The van der Waals surface area contributed by atoms with Crippen molar-refractivity contribution in [2.75, 3.05) is 13.7 Å². The van der Waals surface area contributed by atoms with E-state index >= 15 is 0 Å². The summed E-state index contributed by atoms with van der Waals surface area (Å²) in [4.78, 5) is 12.0. The van der Waals surface area contributed by atoms with Crippen molar-refractivity contribution in [1.29, 1.82) is 0 Å². The molecule has 3 aromatic rings. The summed E-state index contributed by atoms with van der Waals surface area (Å²) in [6, 6.07) is 15.9. The number of carbonyl (C=O) groups excluding carboxylic acids is 1. The van der Waals surface area contributed by atoms with Gasteiger partial charge in [0.1, 0.15) is 18.2 Å². The van der Waals surface area contributed by atoms with Gasteiger partial charge in [-0.15, -0.1) is 0 Å². The molecular formula is C25H25ClFNO5S. The molecule has 0 aliphatic rings. The Labute approximate surface area is 203 Å². The Morgan fingerprint density at radius 1 is 1.09 bits per heavy atom. The quantitative estimate of drug-likeness (QED) is 0.395. The third kappa shape index (κ3) is 6.34. The van der Waals surface area contributed by atoms with Gasteiger partial charge in [-0.05, 0) is 60.4 Å². The smallest absolute Gasteiger partial charge is 0.338 e. The molecule has 1 N–H and O–H groups in total. The summed E-state index contributed by atoms with van der Waals surface area (Å²) >= 11 is 6.01. The maximum absolute atomic E-state index is 13.8. The summed E-state index contributed by atoms with van der Waals surface area (Å²) in [6.07, 6.45) is 1.01. The number of hydrogen-bond acceptors (Lipinski definition) is 5. The summed E-state index contributed by atoms with van der Waals surface area (Å²) in [5.74, 6) is -0.470. The van der Waals surface area contributed by atoms with Gasteiger partial charge in [0, 0.05) is 12.1 Å². The fourth-order valence-electron chi connectivity index (χ4n) is 3.32. The Morgan fingerprint density at radius 3 is 2.47 bits per heavy atom. The van der Waals surface area contributed by atoms with Gasteiger partial charge in [0.2, 0.25) is 10.0 Å². The van der Waals surface area contributed by atoms with E-state index < -0.39 is 21.8 Å². The van der Waals surface area contributed by atoms with Gasteiger partial charge in [-0.25, -0.2) is 22.3 Å². The Morgan fingerprint density at radius 2 is 1.82 bits per heavy atom. The lowest BCUT2D eigenvalue weighted by atomic mass is 10.1. The zero-order chi connectivity index (χ0) is 24.7. The highest BCUT2D eigenvalue weighted by Crippen LogP contribution is 2.22. The number of carbonyl (C=O) groups is 1. The number of benzene rings is 3. The molecule has 0 amide bonds. The summed E-state index contributed by atoms with van der Waals surface area (Å²) in [5, 5.41) is 0.298. The van der Waals surface area contributed by atoms with E-state index in [0.717, 1.165) is 5.56 Å². The minimum Gasteiger partial charge on any atom is -0.489 e. The zero-order valence-corrected chi connectivity index (χ0v) is 20.4. The average molecular weight is 506 g/mol. The monoisotopic (exact) mass is 505 g/mol. The van der Waals surface area contributed by atoms with Gasteiger partial charge < -0.3 is 9.47 Å². The fraction of sp³-hybridized carbons (Fsp3) is 0.240. The van der Waals surface area contributed by atoms with Crippen molar-refractivity contribution in [2.45, 2.75) is 31.3 Å². The maximum Gasteiger partial charge on any atom is 0.338 e. The van der Waals surface area contributed by atoms with Gasteiger partial charge in [0.15, 0.2) is 0 Å². The van der Waals surface area contributed by atoms with Gasteiger partial charge in [0.05, 0.1) is 22.6 Å². The van der Waals surface area contributed by atoms with E-state index in [1.54, 1.807) is 36.4 Å². The summed E-state index contributed by atoms with van der Waals surface area (Å²) in [6.45, 7) is 2.03. The lowest BCUT2D eigenvalue weighted by Crippen LogP contribution is -2.26. The standard InChI is InChI=1S/C25H25ClFNO5S/c1-3-18-9-12-20(15-21(18)25(29)32-2)34(30,31)28-14-13-17-7-10-19(11-8-17)33-16-22-23(26)5-4-6-24(22)27/h4-12,15,28H,3,13-14,16H2,1-2H3. The van der Waals surface area contributed by atoms with Crippen LogP contribution >= 0.6 is 11.6 Å². The van der Waals surface area contributed by atoms with Crippen molar-refractivity contribution in [3.05, 3.63) is 93.8 Å². The molecule has 0 aliphatic carbocycles. The first-order valence-electron chi connectivity index (χ1n) is 10.6. The van der Waals surface area contributed by atoms with Crippen LogP contribution < -0.4 is 9.46 Å². The van der Waals surface area contributed by atoms with Gasteiger partial charge in [-0.2, -0.15) is 0 Å². The molecule has 9 heteroatoms. The van der Waals surface area contributed by atoms with E-state index in [4.69, 9.17) is 21.1 Å². The molecule has 0 radical (unpaired) electrons. The highest BCUT2D eigenvalue weighted by molar-refractivity contribution is 7.89. The SMILES string of the molecule is CCc1ccc(S(=O)(=O)NCCc2ccc(OCc3c(F)cccc3Cl)cc2)cc1C(=O)OC. The number of aryl methyl sites for hydroxylation is 1. The molecule has 3 aromatic carbocycles. The Bertz CT molecular complexity index is 1240. The number of hydrogen-bond donors (Lipinski definition) is 1. The molecule has 34 heavy (non-hydrogen) atoms. The molecule has 0 spiro atoms. The number of nitrogens with one attached hydrogen (secondary N) is 1. The largest absolute Gasteiger partial charge is 0.489 e. The Kier molecular flexibility index (Phi) is 8.66. The molecule has 6 nitrogen and oxygen atoms in total. The van der Waals surface area contributed by atoms with Crippen LogP contribution in [0, 0.1) is 5.82 Å². The van der Waals surface area contributed by atoms with Gasteiger partial charge in [-0.3, -0.25) is 0 Å². The van der Waals surface area contributed by atoms with Crippen LogP contribution in [0.25, 0.3) is 0 Å². The van der Waals surface area contributed by atoms with Crippen LogP contribution in [0.1, 0.15) is 34.0 Å². The van der Waals surface area contributed by atoms with Crippen LogP contribution in [-0.2, 0) is 34.2 Å². The van der Waals surface area contributed by atoms with Crippen molar-refractivity contribution < 1.29 is 27.1 Å². The fourth-order valence-corrected chi connectivity index (χ4v) is 4.60. The van der Waals surface area contributed by atoms with E-state index in [9.17, 15) is 17.6 Å². The molecule has 0 unspecified atom stereocenters. The van der Waals surface area contributed by atoms with Gasteiger partial charge >= 0.3 is 5.97 Å². The second-order valence-electron chi connectivity index (χ2n) is 7.44. The first kappa shape index (κ1) is 25.7. The molecular weight excluding hydrogens is 481 g/mol. The van der Waals surface area contributed by atoms with Gasteiger partial charge in [0.25, 0.3) is 0 Å². The van der Waals surface area contributed by atoms with Crippen LogP contribution in [0.3, 0.4) is 0 Å². The number of sulfonamides is 1. The van der Waals surface area contributed by atoms with Gasteiger partial charge in [-0.1, -0.05) is 42.8 Å². The average Bonchev–Trinajstić information content (AvgIpc) is 2.83. The third-order valence-electron chi connectivity index (χ3n) is 5.25. The van der Waals surface area contributed by atoms with Crippen molar-refractivity contribution in [3.8, 4) is 5.75 Å². The number of halogens is 2. The summed E-state index contributed by atoms with van der Waals surface area (Å²) < 4.78 is 52.2. The highest BCUT2D eigenvalue weighted by atomic mass is 35.5. The number of methoxy groups -OCH3 is 1. The predicted octanol–water partition coefficient (Wildman–Crippen LogP) is 4.93. The van der Waals surface area contributed by atoms with Crippen LogP contribution in [0.2, 0.25) is 5.02 Å². The topological polar surface area (TPSA) is 81.7 Å². The minimum absolute atomic E-state index is 0.000605. The minimum atomic E-state index is -3.81. The molecule has 0 fully saturated rings. The second kappa shape index (κ2) is 11.5. The van der Waals surface area contributed by atoms with Crippen LogP contribution in [0.4, 0.5) is 4.39 Å². The summed E-state index contributed by atoms with van der Waals surface area (Å²) in [7, 11) is -2.55. The molecule has 0 aromatic heterocycles. The Hall–Kier alpha value is -2.94. The molecule has 0 aliphatic heterocycles. The van der Waals surface area contributed by atoms with E-state index in [-0.39, 0.29) is 29.2 Å². The summed E-state index contributed by atoms with van der Waals surface area (Å²) in [5.41, 5.74) is 2.12. The number of rotatable bonds is 10. The molecule has 0 heterocycles. The van der Waals surface area contributed by atoms with Crippen molar-refractivity contribution in [3.63, 3.8) is 0 Å². The van der Waals surface area contributed by atoms with E-state index in [1.807, 2.05) is 6.92 Å². The molecule has 180 valence electrons. The highest BCUT2D eigenvalue weighted by Gasteiger charge is 2.19. The predicted molar refractivity (Wildman–Crippen MR) is 128 cm³/mol. The third-order valence-corrected chi connectivity index (χ3v) is 7.06. The number of ether oxygens (including phenoxy) is 2. The normalized spacial score (nSPS) is 11.3. The first-order chi connectivity index (χ1) is 16.2. The van der Waals surface area contributed by atoms with E-state index in [1.165, 1.54) is 31.4 Å².